The highest BCUT2D eigenvalue weighted by Crippen LogP contribution is 2.20. The SMILES string of the molecule is COC(=O)[C@H](C)n1cccc1C(C)C. The lowest BCUT2D eigenvalue weighted by molar-refractivity contribution is -0.144. The first kappa shape index (κ1) is 10.8. The van der Waals surface area contributed by atoms with Crippen LogP contribution in [0.15, 0.2) is 18.3 Å². The van der Waals surface area contributed by atoms with E-state index in [4.69, 9.17) is 4.74 Å². The lowest BCUT2D eigenvalue weighted by Crippen LogP contribution is -2.19. The normalized spacial score (nSPS) is 12.9. The van der Waals surface area contributed by atoms with E-state index in [0.717, 1.165) is 5.69 Å². The molecular weight excluding hydrogens is 178 g/mol. The zero-order valence-electron chi connectivity index (χ0n) is 9.15. The van der Waals surface area contributed by atoms with Crippen LogP contribution in [0, 0.1) is 0 Å². The van der Waals surface area contributed by atoms with Crippen LogP contribution in [-0.2, 0) is 9.53 Å². The number of aromatic nitrogens is 1. The molecule has 1 aromatic heterocycles. The van der Waals surface area contributed by atoms with Crippen LogP contribution in [0.1, 0.15) is 38.4 Å². The van der Waals surface area contributed by atoms with Crippen molar-refractivity contribution < 1.29 is 9.53 Å². The van der Waals surface area contributed by atoms with E-state index in [1.165, 1.54) is 7.11 Å². The van der Waals surface area contributed by atoms with Gasteiger partial charge in [-0.1, -0.05) is 13.8 Å². The Hall–Kier alpha value is -1.25. The molecule has 0 aliphatic carbocycles. The second-order valence-corrected chi connectivity index (χ2v) is 3.69. The second-order valence-electron chi connectivity index (χ2n) is 3.69. The molecule has 0 radical (unpaired) electrons. The van der Waals surface area contributed by atoms with E-state index < -0.39 is 0 Å². The molecule has 0 bridgehead atoms. The van der Waals surface area contributed by atoms with Crippen molar-refractivity contribution in [2.45, 2.75) is 32.7 Å². The summed E-state index contributed by atoms with van der Waals surface area (Å²) < 4.78 is 6.67. The number of methoxy groups -OCH3 is 1. The van der Waals surface area contributed by atoms with Gasteiger partial charge in [0.25, 0.3) is 0 Å². The highest BCUT2D eigenvalue weighted by molar-refractivity contribution is 5.73. The van der Waals surface area contributed by atoms with Gasteiger partial charge in [-0.3, -0.25) is 0 Å². The predicted octanol–water partition coefficient (Wildman–Crippen LogP) is 2.35. The molecule has 1 atom stereocenters. The van der Waals surface area contributed by atoms with E-state index in [0.29, 0.717) is 5.92 Å². The molecule has 0 aromatic carbocycles. The summed E-state index contributed by atoms with van der Waals surface area (Å²) >= 11 is 0. The molecule has 0 fully saturated rings. The lowest BCUT2D eigenvalue weighted by atomic mass is 10.1. The number of hydrogen-bond acceptors (Lipinski definition) is 2. The van der Waals surface area contributed by atoms with Crippen LogP contribution in [-0.4, -0.2) is 17.6 Å². The van der Waals surface area contributed by atoms with E-state index in [2.05, 4.69) is 13.8 Å². The molecule has 0 N–H and O–H groups in total. The average Bonchev–Trinajstić information content (AvgIpc) is 2.63. The van der Waals surface area contributed by atoms with E-state index >= 15 is 0 Å². The molecule has 1 rings (SSSR count). The Morgan fingerprint density at radius 1 is 1.43 bits per heavy atom. The van der Waals surface area contributed by atoms with E-state index in [1.54, 1.807) is 0 Å². The van der Waals surface area contributed by atoms with Crippen LogP contribution in [0.4, 0.5) is 0 Å². The molecule has 0 saturated carbocycles. The van der Waals surface area contributed by atoms with Gasteiger partial charge in [-0.05, 0) is 25.0 Å². The van der Waals surface area contributed by atoms with Crippen molar-refractivity contribution in [2.75, 3.05) is 7.11 Å². The fourth-order valence-corrected chi connectivity index (χ4v) is 1.53. The summed E-state index contributed by atoms with van der Waals surface area (Å²) in [5.74, 6) is 0.209. The van der Waals surface area contributed by atoms with Crippen molar-refractivity contribution in [3.63, 3.8) is 0 Å². The molecule has 0 aliphatic heterocycles. The Bertz CT molecular complexity index is 315. The summed E-state index contributed by atoms with van der Waals surface area (Å²) in [4.78, 5) is 11.3. The van der Waals surface area contributed by atoms with Crippen molar-refractivity contribution in [1.29, 1.82) is 0 Å². The first-order valence-corrected chi connectivity index (χ1v) is 4.82. The summed E-state index contributed by atoms with van der Waals surface area (Å²) in [6, 6.07) is 3.74. The first-order valence-electron chi connectivity index (χ1n) is 4.82. The van der Waals surface area contributed by atoms with Gasteiger partial charge in [-0.15, -0.1) is 0 Å². The smallest absolute Gasteiger partial charge is 0.328 e. The molecule has 3 nitrogen and oxygen atoms in total. The highest BCUT2D eigenvalue weighted by Gasteiger charge is 2.17. The predicted molar refractivity (Wildman–Crippen MR) is 55.2 cm³/mol. The topological polar surface area (TPSA) is 31.2 Å². The van der Waals surface area contributed by atoms with Gasteiger partial charge in [0.1, 0.15) is 6.04 Å². The van der Waals surface area contributed by atoms with Gasteiger partial charge in [0.2, 0.25) is 0 Å². The number of ether oxygens (including phenoxy) is 1. The largest absolute Gasteiger partial charge is 0.467 e. The van der Waals surface area contributed by atoms with E-state index in [-0.39, 0.29) is 12.0 Å². The van der Waals surface area contributed by atoms with Crippen LogP contribution in [0.5, 0.6) is 0 Å². The Kier molecular flexibility index (Phi) is 3.33. The summed E-state index contributed by atoms with van der Waals surface area (Å²) in [5, 5.41) is 0. The number of rotatable bonds is 3. The summed E-state index contributed by atoms with van der Waals surface area (Å²) in [6.45, 7) is 6.06. The van der Waals surface area contributed by atoms with E-state index in [9.17, 15) is 4.79 Å². The highest BCUT2D eigenvalue weighted by atomic mass is 16.5. The van der Waals surface area contributed by atoms with Crippen LogP contribution >= 0.6 is 0 Å². The second kappa shape index (κ2) is 4.31. The maximum absolute atomic E-state index is 11.3. The van der Waals surface area contributed by atoms with Gasteiger partial charge in [0.15, 0.2) is 0 Å². The molecule has 0 saturated heterocycles. The molecule has 78 valence electrons. The Labute approximate surface area is 84.7 Å². The third-order valence-electron chi connectivity index (χ3n) is 2.36. The van der Waals surface area contributed by atoms with Crippen molar-refractivity contribution in [3.05, 3.63) is 24.0 Å². The zero-order chi connectivity index (χ0) is 10.7. The summed E-state index contributed by atoms with van der Waals surface area (Å²) in [7, 11) is 1.41. The van der Waals surface area contributed by atoms with Gasteiger partial charge < -0.3 is 9.30 Å². The number of carbonyl (C=O) groups excluding carboxylic acids is 1. The van der Waals surface area contributed by atoms with Crippen molar-refractivity contribution in [3.8, 4) is 0 Å². The Morgan fingerprint density at radius 2 is 2.07 bits per heavy atom. The number of esters is 1. The lowest BCUT2D eigenvalue weighted by Gasteiger charge is -2.17. The Morgan fingerprint density at radius 3 is 2.57 bits per heavy atom. The quantitative estimate of drug-likeness (QED) is 0.693. The van der Waals surface area contributed by atoms with Gasteiger partial charge in [-0.2, -0.15) is 0 Å². The van der Waals surface area contributed by atoms with Gasteiger partial charge in [0, 0.05) is 11.9 Å². The Balaban J connectivity index is 2.94. The van der Waals surface area contributed by atoms with Crippen molar-refractivity contribution >= 4 is 5.97 Å². The van der Waals surface area contributed by atoms with Crippen LogP contribution in [0.25, 0.3) is 0 Å². The minimum absolute atomic E-state index is 0.205. The summed E-state index contributed by atoms with van der Waals surface area (Å²) in [5.41, 5.74) is 1.16. The molecule has 0 unspecified atom stereocenters. The van der Waals surface area contributed by atoms with Gasteiger partial charge >= 0.3 is 5.97 Å². The zero-order valence-corrected chi connectivity index (χ0v) is 9.15. The van der Waals surface area contributed by atoms with Crippen LogP contribution in [0.3, 0.4) is 0 Å². The monoisotopic (exact) mass is 195 g/mol. The van der Waals surface area contributed by atoms with Crippen molar-refractivity contribution in [2.24, 2.45) is 0 Å². The molecule has 14 heavy (non-hydrogen) atoms. The molecule has 1 heterocycles. The van der Waals surface area contributed by atoms with Gasteiger partial charge in [-0.25, -0.2) is 4.79 Å². The van der Waals surface area contributed by atoms with Crippen LogP contribution in [0.2, 0.25) is 0 Å². The fourth-order valence-electron chi connectivity index (χ4n) is 1.53. The average molecular weight is 195 g/mol. The molecule has 0 aliphatic rings. The first-order chi connectivity index (χ1) is 6.57. The minimum Gasteiger partial charge on any atom is -0.467 e. The number of carbonyl (C=O) groups is 1. The molecular formula is C11H17NO2. The van der Waals surface area contributed by atoms with E-state index in [1.807, 2.05) is 29.8 Å². The third-order valence-corrected chi connectivity index (χ3v) is 2.36. The summed E-state index contributed by atoms with van der Waals surface area (Å²) in [6.07, 6.45) is 1.91. The minimum atomic E-state index is -0.243. The molecule has 0 amide bonds. The van der Waals surface area contributed by atoms with Crippen LogP contribution < -0.4 is 0 Å². The fraction of sp³-hybridized carbons (Fsp3) is 0.545. The van der Waals surface area contributed by atoms with Crippen molar-refractivity contribution in [1.82, 2.24) is 4.57 Å². The number of hydrogen-bond donors (Lipinski definition) is 0. The number of nitrogens with zero attached hydrogens (tertiary/aromatic N) is 1. The van der Waals surface area contributed by atoms with Gasteiger partial charge in [0.05, 0.1) is 7.11 Å². The third kappa shape index (κ3) is 1.97. The standard InChI is InChI=1S/C11H17NO2/c1-8(2)10-6-5-7-12(10)9(3)11(13)14-4/h5-9H,1-4H3/t9-/m0/s1. The maximum atomic E-state index is 11.3. The molecule has 3 heteroatoms. The molecule has 1 aromatic rings. The maximum Gasteiger partial charge on any atom is 0.328 e. The molecule has 0 spiro atoms.